The molecule has 0 bridgehead atoms. The van der Waals surface area contributed by atoms with Gasteiger partial charge in [-0.2, -0.15) is 5.10 Å². The van der Waals surface area contributed by atoms with Gasteiger partial charge in [0.05, 0.1) is 11.4 Å². The van der Waals surface area contributed by atoms with Gasteiger partial charge in [0, 0.05) is 30.5 Å². The van der Waals surface area contributed by atoms with Crippen molar-refractivity contribution in [1.82, 2.24) is 24.6 Å². The summed E-state index contributed by atoms with van der Waals surface area (Å²) in [6, 6.07) is 17.3. The summed E-state index contributed by atoms with van der Waals surface area (Å²) in [5.74, 6) is 1.86. The van der Waals surface area contributed by atoms with Crippen LogP contribution in [0.2, 0.25) is 0 Å². The Morgan fingerprint density at radius 1 is 1.03 bits per heavy atom. The Morgan fingerprint density at radius 2 is 1.74 bits per heavy atom. The SMILES string of the molecule is CCC(=O)N1CCCC(n2nc(-c3ccc(Oc4ccccc4)cc3)c3c(NC(=O)C(C)(C)C)ncnc32)C1. The normalized spacial score (nSPS) is 15.8. The quantitative estimate of drug-likeness (QED) is 0.338. The maximum atomic E-state index is 12.9. The van der Waals surface area contributed by atoms with Crippen LogP contribution >= 0.6 is 0 Å². The molecule has 202 valence electrons. The zero-order chi connectivity index (χ0) is 27.6. The minimum absolute atomic E-state index is 0.0349. The van der Waals surface area contributed by atoms with Gasteiger partial charge in [-0.1, -0.05) is 45.9 Å². The van der Waals surface area contributed by atoms with Gasteiger partial charge in [-0.15, -0.1) is 0 Å². The Morgan fingerprint density at radius 3 is 2.44 bits per heavy atom. The molecule has 4 aromatic rings. The van der Waals surface area contributed by atoms with Crippen molar-refractivity contribution in [2.24, 2.45) is 5.41 Å². The number of hydrogen-bond donors (Lipinski definition) is 1. The number of piperidine rings is 1. The van der Waals surface area contributed by atoms with Crippen molar-refractivity contribution in [2.75, 3.05) is 18.4 Å². The minimum atomic E-state index is -0.603. The molecule has 1 fully saturated rings. The minimum Gasteiger partial charge on any atom is -0.457 e. The van der Waals surface area contributed by atoms with Crippen LogP contribution in [0.5, 0.6) is 11.5 Å². The summed E-state index contributed by atoms with van der Waals surface area (Å²) in [6.45, 7) is 8.78. The molecule has 39 heavy (non-hydrogen) atoms. The van der Waals surface area contributed by atoms with Crippen LogP contribution in [-0.4, -0.2) is 49.6 Å². The maximum Gasteiger partial charge on any atom is 0.230 e. The summed E-state index contributed by atoms with van der Waals surface area (Å²) >= 11 is 0. The predicted molar refractivity (Wildman–Crippen MR) is 151 cm³/mol. The van der Waals surface area contributed by atoms with Gasteiger partial charge in [-0.05, 0) is 49.2 Å². The van der Waals surface area contributed by atoms with Crippen LogP contribution in [0.1, 0.15) is 53.0 Å². The van der Waals surface area contributed by atoms with E-state index in [2.05, 4.69) is 15.3 Å². The van der Waals surface area contributed by atoms with Gasteiger partial charge < -0.3 is 15.0 Å². The van der Waals surface area contributed by atoms with E-state index in [1.165, 1.54) is 6.33 Å². The highest BCUT2D eigenvalue weighted by molar-refractivity contribution is 6.05. The van der Waals surface area contributed by atoms with E-state index in [0.29, 0.717) is 41.3 Å². The number of aromatic nitrogens is 4. The number of para-hydroxylation sites is 1. The fourth-order valence-corrected chi connectivity index (χ4v) is 4.73. The van der Waals surface area contributed by atoms with Crippen molar-refractivity contribution in [2.45, 2.75) is 53.0 Å². The second kappa shape index (κ2) is 10.8. The number of hydrogen-bond acceptors (Lipinski definition) is 6. The first-order valence-electron chi connectivity index (χ1n) is 13.4. The highest BCUT2D eigenvalue weighted by Gasteiger charge is 2.30. The van der Waals surface area contributed by atoms with Gasteiger partial charge in [0.25, 0.3) is 0 Å². The zero-order valence-electron chi connectivity index (χ0n) is 22.8. The number of carbonyl (C=O) groups is 2. The summed E-state index contributed by atoms with van der Waals surface area (Å²) in [4.78, 5) is 36.4. The molecule has 3 heterocycles. The average molecular weight is 527 g/mol. The fraction of sp³-hybridized carbons (Fsp3) is 0.367. The molecule has 5 rings (SSSR count). The van der Waals surface area contributed by atoms with Crippen LogP contribution in [-0.2, 0) is 9.59 Å². The van der Waals surface area contributed by atoms with E-state index < -0.39 is 5.41 Å². The van der Waals surface area contributed by atoms with E-state index in [-0.39, 0.29) is 17.9 Å². The third-order valence-electron chi connectivity index (χ3n) is 6.91. The summed E-state index contributed by atoms with van der Waals surface area (Å²) in [7, 11) is 0. The first-order valence-corrected chi connectivity index (χ1v) is 13.4. The molecule has 1 N–H and O–H groups in total. The molecule has 9 heteroatoms. The molecule has 1 aliphatic heterocycles. The van der Waals surface area contributed by atoms with E-state index in [1.807, 2.05) is 91.9 Å². The second-order valence-electron chi connectivity index (χ2n) is 10.8. The van der Waals surface area contributed by atoms with Crippen LogP contribution in [0.15, 0.2) is 60.9 Å². The number of benzene rings is 2. The highest BCUT2D eigenvalue weighted by atomic mass is 16.5. The number of nitrogens with one attached hydrogen (secondary N) is 1. The van der Waals surface area contributed by atoms with Gasteiger partial charge in [0.1, 0.15) is 29.3 Å². The number of carbonyl (C=O) groups excluding carboxylic acids is 2. The zero-order valence-corrected chi connectivity index (χ0v) is 22.8. The van der Waals surface area contributed by atoms with Crippen LogP contribution in [0.4, 0.5) is 5.82 Å². The number of anilines is 1. The van der Waals surface area contributed by atoms with Gasteiger partial charge in [-0.3, -0.25) is 9.59 Å². The predicted octanol–water partition coefficient (Wildman–Crippen LogP) is 5.84. The summed E-state index contributed by atoms with van der Waals surface area (Å²) < 4.78 is 7.88. The first kappa shape index (κ1) is 26.3. The van der Waals surface area contributed by atoms with Gasteiger partial charge >= 0.3 is 0 Å². The monoisotopic (exact) mass is 526 g/mol. The number of fused-ring (bicyclic) bond motifs is 1. The molecule has 2 aromatic heterocycles. The smallest absolute Gasteiger partial charge is 0.230 e. The largest absolute Gasteiger partial charge is 0.457 e. The lowest BCUT2D eigenvalue weighted by Crippen LogP contribution is -2.40. The number of rotatable bonds is 6. The number of likely N-dealkylation sites (tertiary alicyclic amines) is 1. The molecule has 0 radical (unpaired) electrons. The van der Waals surface area contributed by atoms with Crippen molar-refractivity contribution >= 4 is 28.7 Å². The Balaban J connectivity index is 1.57. The number of ether oxygens (including phenoxy) is 1. The number of amides is 2. The van der Waals surface area contributed by atoms with Crippen molar-refractivity contribution in [3.05, 3.63) is 60.9 Å². The molecule has 1 saturated heterocycles. The molecule has 9 nitrogen and oxygen atoms in total. The van der Waals surface area contributed by atoms with E-state index in [1.54, 1.807) is 0 Å². The van der Waals surface area contributed by atoms with E-state index in [4.69, 9.17) is 9.84 Å². The molecule has 1 aliphatic rings. The van der Waals surface area contributed by atoms with Crippen LogP contribution < -0.4 is 10.1 Å². The first-order chi connectivity index (χ1) is 18.7. The molecule has 0 saturated carbocycles. The van der Waals surface area contributed by atoms with Crippen LogP contribution in [0, 0.1) is 5.41 Å². The van der Waals surface area contributed by atoms with Crippen molar-refractivity contribution < 1.29 is 14.3 Å². The summed E-state index contributed by atoms with van der Waals surface area (Å²) in [6.07, 6.45) is 3.69. The van der Waals surface area contributed by atoms with E-state index in [0.717, 1.165) is 30.7 Å². The van der Waals surface area contributed by atoms with Crippen LogP contribution in [0.3, 0.4) is 0 Å². The molecule has 2 amide bonds. The Bertz CT molecular complexity index is 1470. The highest BCUT2D eigenvalue weighted by Crippen LogP contribution is 2.36. The standard InChI is InChI=1S/C30H34N6O3/c1-5-24(37)35-17-9-10-21(18-35)36-28-25(27(31-19-32-28)33-29(38)30(2,3)4)26(34-36)20-13-15-23(16-14-20)39-22-11-7-6-8-12-22/h6-8,11-16,19,21H,5,9-10,17-18H2,1-4H3,(H,31,32,33,38). The molecule has 2 aromatic carbocycles. The lowest BCUT2D eigenvalue weighted by molar-refractivity contribution is -0.132. The average Bonchev–Trinajstić information content (AvgIpc) is 3.34. The third kappa shape index (κ3) is 5.62. The van der Waals surface area contributed by atoms with Crippen molar-refractivity contribution in [3.8, 4) is 22.8 Å². The summed E-state index contributed by atoms with van der Waals surface area (Å²) in [5.41, 5.74) is 1.54. The molecule has 1 atom stereocenters. The number of nitrogens with zero attached hydrogens (tertiary/aromatic N) is 5. The lowest BCUT2D eigenvalue weighted by Gasteiger charge is -2.32. The molecular formula is C30H34N6O3. The Kier molecular flexibility index (Phi) is 7.32. The fourth-order valence-electron chi connectivity index (χ4n) is 4.73. The van der Waals surface area contributed by atoms with Gasteiger partial charge in [-0.25, -0.2) is 14.6 Å². The second-order valence-corrected chi connectivity index (χ2v) is 10.8. The van der Waals surface area contributed by atoms with E-state index in [9.17, 15) is 9.59 Å². The molecule has 1 unspecified atom stereocenters. The van der Waals surface area contributed by atoms with Crippen molar-refractivity contribution in [1.29, 1.82) is 0 Å². The Labute approximate surface area is 228 Å². The van der Waals surface area contributed by atoms with Gasteiger partial charge in [0.15, 0.2) is 5.65 Å². The van der Waals surface area contributed by atoms with Crippen molar-refractivity contribution in [3.63, 3.8) is 0 Å². The lowest BCUT2D eigenvalue weighted by atomic mass is 9.95. The van der Waals surface area contributed by atoms with Gasteiger partial charge in [0.2, 0.25) is 11.8 Å². The van der Waals surface area contributed by atoms with Crippen LogP contribution in [0.25, 0.3) is 22.3 Å². The maximum absolute atomic E-state index is 12.9. The summed E-state index contributed by atoms with van der Waals surface area (Å²) in [5, 5.41) is 8.70. The topological polar surface area (TPSA) is 102 Å². The molecule has 0 spiro atoms. The molecular weight excluding hydrogens is 492 g/mol. The molecule has 0 aliphatic carbocycles. The third-order valence-corrected chi connectivity index (χ3v) is 6.91. The Hall–Kier alpha value is -4.27. The van der Waals surface area contributed by atoms with E-state index >= 15 is 0 Å².